The van der Waals surface area contributed by atoms with E-state index >= 15 is 0 Å². The maximum atomic E-state index is 13.8. The van der Waals surface area contributed by atoms with Crippen molar-refractivity contribution >= 4 is 39.6 Å². The van der Waals surface area contributed by atoms with Crippen molar-refractivity contribution in [3.8, 4) is 11.3 Å². The first kappa shape index (κ1) is 28.3. The van der Waals surface area contributed by atoms with Gasteiger partial charge in [0.1, 0.15) is 11.5 Å². The molecule has 5 heterocycles. The highest BCUT2D eigenvalue weighted by Gasteiger charge is 2.25. The zero-order valence-electron chi connectivity index (χ0n) is 23.2. The second kappa shape index (κ2) is 11.7. The zero-order chi connectivity index (χ0) is 29.1. The molecule has 0 saturated heterocycles. The molecule has 0 radical (unpaired) electrons. The minimum atomic E-state index is -0.607. The van der Waals surface area contributed by atoms with E-state index in [2.05, 4.69) is 46.9 Å². The Morgan fingerprint density at radius 2 is 2.07 bits per heavy atom. The summed E-state index contributed by atoms with van der Waals surface area (Å²) in [5, 5.41) is 20.8. The predicted octanol–water partition coefficient (Wildman–Crippen LogP) is 3.87. The molecule has 5 aromatic rings. The van der Waals surface area contributed by atoms with Crippen LogP contribution in [0.2, 0.25) is 0 Å². The molecule has 14 heteroatoms. The number of aliphatic hydroxyl groups excluding tert-OH is 1. The van der Waals surface area contributed by atoms with Crippen LogP contribution in [0.3, 0.4) is 0 Å². The average molecular weight is 579 g/mol. The number of aryl methyl sites for hydroxylation is 1. The van der Waals surface area contributed by atoms with E-state index in [-0.39, 0.29) is 24.4 Å². The fraction of sp³-hybridized carbons (Fsp3) is 0.333. The van der Waals surface area contributed by atoms with Crippen molar-refractivity contribution < 1.29 is 14.3 Å². The molecule has 1 amide bonds. The van der Waals surface area contributed by atoms with Crippen molar-refractivity contribution in [1.82, 2.24) is 38.4 Å². The summed E-state index contributed by atoms with van der Waals surface area (Å²) in [6.07, 6.45) is 9.44. The third kappa shape index (κ3) is 6.24. The van der Waals surface area contributed by atoms with Crippen LogP contribution in [0.15, 0.2) is 49.3 Å². The molecule has 5 rings (SSSR count). The number of fused-ring (bicyclic) bond motifs is 1. The highest BCUT2D eigenvalue weighted by atomic mass is 32.1. The number of carbonyl (C=O) groups excluding carboxylic acids is 1. The van der Waals surface area contributed by atoms with Gasteiger partial charge >= 0.3 is 0 Å². The van der Waals surface area contributed by atoms with Gasteiger partial charge in [0.25, 0.3) is 0 Å². The molecule has 0 aliphatic rings. The maximum absolute atomic E-state index is 13.8. The maximum Gasteiger partial charge on any atom is 0.246 e. The normalized spacial score (nSPS) is 11.9. The molecule has 0 aliphatic heterocycles. The summed E-state index contributed by atoms with van der Waals surface area (Å²) in [4.78, 5) is 27.6. The average Bonchev–Trinajstić information content (AvgIpc) is 3.68. The van der Waals surface area contributed by atoms with Crippen molar-refractivity contribution in [3.63, 3.8) is 0 Å². The van der Waals surface area contributed by atoms with Crippen LogP contribution < -0.4 is 10.6 Å². The van der Waals surface area contributed by atoms with Crippen LogP contribution in [-0.4, -0.2) is 68.1 Å². The number of nitrogens with one attached hydrogen (secondary N) is 2. The summed E-state index contributed by atoms with van der Waals surface area (Å²) < 4.78 is 21.8. The third-order valence-electron chi connectivity index (χ3n) is 6.67. The Morgan fingerprint density at radius 1 is 1.24 bits per heavy atom. The lowest BCUT2D eigenvalue weighted by molar-refractivity contribution is -0.116. The van der Waals surface area contributed by atoms with Gasteiger partial charge in [0.05, 0.1) is 48.0 Å². The number of amides is 1. The van der Waals surface area contributed by atoms with Crippen molar-refractivity contribution in [2.75, 3.05) is 23.8 Å². The van der Waals surface area contributed by atoms with E-state index in [4.69, 9.17) is 0 Å². The second-order valence-corrected chi connectivity index (χ2v) is 11.0. The lowest BCUT2D eigenvalue weighted by atomic mass is 10.0. The number of carbonyl (C=O) groups is 1. The monoisotopic (exact) mass is 578 g/mol. The van der Waals surface area contributed by atoms with Crippen LogP contribution in [0.4, 0.5) is 20.9 Å². The number of aliphatic hydroxyl groups is 1. The van der Waals surface area contributed by atoms with Crippen LogP contribution >= 0.6 is 11.5 Å². The molecule has 0 saturated carbocycles. The van der Waals surface area contributed by atoms with Gasteiger partial charge in [0.15, 0.2) is 17.3 Å². The number of aromatic nitrogens is 7. The van der Waals surface area contributed by atoms with Gasteiger partial charge < -0.3 is 15.7 Å². The molecule has 41 heavy (non-hydrogen) atoms. The van der Waals surface area contributed by atoms with Crippen LogP contribution in [0.1, 0.15) is 32.2 Å². The first-order chi connectivity index (χ1) is 19.7. The van der Waals surface area contributed by atoms with Crippen LogP contribution in [0.5, 0.6) is 0 Å². The van der Waals surface area contributed by atoms with Crippen LogP contribution in [0.25, 0.3) is 16.9 Å². The Bertz CT molecular complexity index is 1680. The fourth-order valence-electron chi connectivity index (χ4n) is 4.41. The number of pyridine rings is 1. The van der Waals surface area contributed by atoms with Gasteiger partial charge in [-0.25, -0.2) is 14.4 Å². The van der Waals surface area contributed by atoms with Crippen molar-refractivity contribution in [2.45, 2.75) is 46.3 Å². The molecule has 0 aromatic carbocycles. The van der Waals surface area contributed by atoms with Crippen molar-refractivity contribution in [3.05, 3.63) is 66.5 Å². The molecule has 0 unspecified atom stereocenters. The molecule has 0 spiro atoms. The highest BCUT2D eigenvalue weighted by molar-refractivity contribution is 7.10. The van der Waals surface area contributed by atoms with Gasteiger partial charge in [-0.2, -0.15) is 9.47 Å². The molecular weight excluding hydrogens is 547 g/mol. The van der Waals surface area contributed by atoms with Gasteiger partial charge in [-0.3, -0.25) is 23.8 Å². The Labute approximate surface area is 240 Å². The van der Waals surface area contributed by atoms with Gasteiger partial charge in [-0.05, 0) is 51.0 Å². The topological polar surface area (TPSA) is 138 Å². The molecule has 0 aliphatic carbocycles. The minimum Gasteiger partial charge on any atom is -0.394 e. The lowest BCUT2D eigenvalue weighted by Gasteiger charge is -2.35. The summed E-state index contributed by atoms with van der Waals surface area (Å²) in [6.45, 7) is 9.34. The van der Waals surface area contributed by atoms with Crippen LogP contribution in [-0.2, 0) is 17.9 Å². The number of likely N-dealkylation sites (N-methyl/N-ethyl adjacent to an activating group) is 1. The molecule has 0 fully saturated rings. The quantitative estimate of drug-likeness (QED) is 0.213. The van der Waals surface area contributed by atoms with E-state index in [0.29, 0.717) is 18.0 Å². The molecular formula is C27H31FN10O2S. The zero-order valence-corrected chi connectivity index (χ0v) is 24.0. The van der Waals surface area contributed by atoms with E-state index in [1.54, 1.807) is 18.6 Å². The number of hydrogen-bond donors (Lipinski definition) is 3. The molecule has 0 atom stereocenters. The summed E-state index contributed by atoms with van der Waals surface area (Å²) in [5.41, 5.74) is 3.53. The number of halogens is 1. The number of anilines is 3. The van der Waals surface area contributed by atoms with Gasteiger partial charge in [-0.1, -0.05) is 6.92 Å². The minimum absolute atomic E-state index is 0.0567. The fourth-order valence-corrected chi connectivity index (χ4v) is 5.07. The first-order valence-electron chi connectivity index (χ1n) is 13.0. The van der Waals surface area contributed by atoms with Gasteiger partial charge in [-0.15, -0.1) is 0 Å². The van der Waals surface area contributed by atoms with E-state index in [1.165, 1.54) is 28.5 Å². The standard InChI is InChI=1S/C27H31FN10O2S/c1-5-36(27(3,4)16-39)14-19-8-24(41-35-19)34-25-26-30-11-22(38(26)12-17(2)32-25)18-9-31-37(13-18)15-23(40)33-21-6-7-29-10-20(21)28/h6-13,39H,5,14-16H2,1-4H3,(H,32,34)(H,29,33,40). The summed E-state index contributed by atoms with van der Waals surface area (Å²) in [6, 6.07) is 3.38. The SMILES string of the molecule is CCN(Cc1cc(Nc2nc(C)cn3c(-c4cnn(CC(=O)Nc5ccncc5F)c4)cnc23)sn1)C(C)(C)CO. The predicted molar refractivity (Wildman–Crippen MR) is 154 cm³/mol. The Balaban J connectivity index is 1.33. The second-order valence-electron chi connectivity index (χ2n) is 10.2. The van der Waals surface area contributed by atoms with Gasteiger partial charge in [0.2, 0.25) is 5.91 Å². The van der Waals surface area contributed by atoms with Crippen LogP contribution in [0, 0.1) is 12.7 Å². The number of imidazole rings is 1. The first-order valence-corrected chi connectivity index (χ1v) is 13.8. The Morgan fingerprint density at radius 3 is 2.83 bits per heavy atom. The number of hydrogen-bond acceptors (Lipinski definition) is 10. The van der Waals surface area contributed by atoms with Gasteiger partial charge in [0, 0.05) is 36.2 Å². The summed E-state index contributed by atoms with van der Waals surface area (Å²) >= 11 is 1.34. The Hall–Kier alpha value is -4.27. The van der Waals surface area contributed by atoms with E-state index < -0.39 is 11.7 Å². The van der Waals surface area contributed by atoms with Crippen molar-refractivity contribution in [2.24, 2.45) is 0 Å². The number of rotatable bonds is 11. The molecule has 214 valence electrons. The molecule has 3 N–H and O–H groups in total. The summed E-state index contributed by atoms with van der Waals surface area (Å²) in [5.74, 6) is -0.440. The molecule has 0 bridgehead atoms. The Kier molecular flexibility index (Phi) is 8.06. The lowest BCUT2D eigenvalue weighted by Crippen LogP contribution is -2.46. The largest absolute Gasteiger partial charge is 0.394 e. The van der Waals surface area contributed by atoms with Crippen molar-refractivity contribution in [1.29, 1.82) is 0 Å². The molecule has 5 aromatic heterocycles. The van der Waals surface area contributed by atoms with E-state index in [9.17, 15) is 14.3 Å². The highest BCUT2D eigenvalue weighted by Crippen LogP contribution is 2.28. The number of nitrogens with zero attached hydrogens (tertiary/aromatic N) is 8. The van der Waals surface area contributed by atoms with E-state index in [0.717, 1.165) is 40.4 Å². The molecule has 12 nitrogen and oxygen atoms in total. The smallest absolute Gasteiger partial charge is 0.246 e. The third-order valence-corrected chi connectivity index (χ3v) is 7.41. The van der Waals surface area contributed by atoms with E-state index in [1.807, 2.05) is 37.4 Å². The summed E-state index contributed by atoms with van der Waals surface area (Å²) in [7, 11) is 0.